The van der Waals surface area contributed by atoms with Crippen molar-refractivity contribution in [1.29, 1.82) is 0 Å². The van der Waals surface area contributed by atoms with Crippen LogP contribution in [-0.2, 0) is 0 Å². The molecule has 3 nitrogen and oxygen atoms in total. The maximum Gasteiger partial charge on any atom is 0.134 e. The number of halogens is 2. The van der Waals surface area contributed by atoms with Crippen molar-refractivity contribution >= 4 is 32.5 Å². The first-order valence-electron chi connectivity index (χ1n) is 4.90. The van der Waals surface area contributed by atoms with Crippen molar-refractivity contribution in [3.63, 3.8) is 0 Å². The molecule has 2 rings (SSSR count). The van der Waals surface area contributed by atoms with Gasteiger partial charge in [0.05, 0.1) is 0 Å². The van der Waals surface area contributed by atoms with E-state index in [1.165, 1.54) is 6.07 Å². The molecule has 0 bridgehead atoms. The maximum absolute atomic E-state index is 13.6. The molecule has 1 aromatic heterocycles. The third kappa shape index (κ3) is 2.01. The summed E-state index contributed by atoms with van der Waals surface area (Å²) < 4.78 is 14.3. The van der Waals surface area contributed by atoms with Crippen LogP contribution in [0.1, 0.15) is 0 Å². The summed E-state index contributed by atoms with van der Waals surface area (Å²) in [6, 6.07) is 4.92. The summed E-state index contributed by atoms with van der Waals surface area (Å²) in [5, 5.41) is 4.36. The minimum atomic E-state index is -0.262. The van der Waals surface area contributed by atoms with Crippen LogP contribution in [0.5, 0.6) is 0 Å². The predicted molar refractivity (Wildman–Crippen MR) is 66.9 cm³/mol. The van der Waals surface area contributed by atoms with Gasteiger partial charge in [-0.3, -0.25) is 0 Å². The van der Waals surface area contributed by atoms with Crippen LogP contribution in [0.3, 0.4) is 0 Å². The number of aromatic nitrogens is 1. The molecule has 1 heterocycles. The van der Waals surface area contributed by atoms with Crippen LogP contribution in [0.25, 0.3) is 10.8 Å². The SMILES string of the molecule is NCCNc1ncc(Br)c2c(F)cccc12. The molecule has 16 heavy (non-hydrogen) atoms. The number of pyridine rings is 1. The fourth-order valence-electron chi connectivity index (χ4n) is 1.55. The van der Waals surface area contributed by atoms with Gasteiger partial charge in [-0.15, -0.1) is 0 Å². The first kappa shape index (κ1) is 11.3. The van der Waals surface area contributed by atoms with E-state index < -0.39 is 0 Å². The zero-order chi connectivity index (χ0) is 11.5. The minimum absolute atomic E-state index is 0.262. The Morgan fingerprint density at radius 3 is 3.00 bits per heavy atom. The van der Waals surface area contributed by atoms with Crippen molar-refractivity contribution in [3.05, 3.63) is 34.7 Å². The van der Waals surface area contributed by atoms with E-state index in [-0.39, 0.29) is 5.82 Å². The summed E-state index contributed by atoms with van der Waals surface area (Å²) in [5.74, 6) is 0.394. The van der Waals surface area contributed by atoms with E-state index >= 15 is 0 Å². The fourth-order valence-corrected chi connectivity index (χ4v) is 2.06. The molecule has 5 heteroatoms. The second-order valence-corrected chi connectivity index (χ2v) is 4.19. The molecule has 0 unspecified atom stereocenters. The molecule has 0 saturated carbocycles. The lowest BCUT2D eigenvalue weighted by molar-refractivity contribution is 0.639. The molecule has 0 atom stereocenters. The highest BCUT2D eigenvalue weighted by atomic mass is 79.9. The predicted octanol–water partition coefficient (Wildman–Crippen LogP) is 2.51. The Balaban J connectivity index is 2.60. The van der Waals surface area contributed by atoms with Crippen LogP contribution in [0.2, 0.25) is 0 Å². The third-order valence-corrected chi connectivity index (χ3v) is 2.85. The summed E-state index contributed by atoms with van der Waals surface area (Å²) in [6.45, 7) is 1.12. The molecule has 84 valence electrons. The van der Waals surface area contributed by atoms with Gasteiger partial charge in [0.2, 0.25) is 0 Å². The van der Waals surface area contributed by atoms with Gasteiger partial charge in [0.1, 0.15) is 11.6 Å². The van der Waals surface area contributed by atoms with Gasteiger partial charge in [-0.25, -0.2) is 9.37 Å². The zero-order valence-electron chi connectivity index (χ0n) is 8.50. The molecule has 2 aromatic rings. The summed E-state index contributed by atoms with van der Waals surface area (Å²) in [7, 11) is 0. The average molecular weight is 284 g/mol. The molecule has 0 saturated heterocycles. The Labute approximate surface area is 101 Å². The number of nitrogens with one attached hydrogen (secondary N) is 1. The monoisotopic (exact) mass is 283 g/mol. The van der Waals surface area contributed by atoms with Gasteiger partial charge in [0.25, 0.3) is 0 Å². The van der Waals surface area contributed by atoms with E-state index in [9.17, 15) is 4.39 Å². The number of nitrogens with zero attached hydrogens (tertiary/aromatic N) is 1. The Kier molecular flexibility index (Phi) is 3.36. The van der Waals surface area contributed by atoms with Gasteiger partial charge in [-0.1, -0.05) is 12.1 Å². The number of hydrogen-bond donors (Lipinski definition) is 2. The van der Waals surface area contributed by atoms with Crippen molar-refractivity contribution < 1.29 is 4.39 Å². The van der Waals surface area contributed by atoms with Gasteiger partial charge < -0.3 is 11.1 Å². The summed E-state index contributed by atoms with van der Waals surface area (Å²) >= 11 is 3.30. The topological polar surface area (TPSA) is 50.9 Å². The first-order chi connectivity index (χ1) is 7.74. The second kappa shape index (κ2) is 4.76. The number of benzene rings is 1. The highest BCUT2D eigenvalue weighted by Crippen LogP contribution is 2.29. The van der Waals surface area contributed by atoms with Crippen LogP contribution >= 0.6 is 15.9 Å². The van der Waals surface area contributed by atoms with E-state index in [0.29, 0.717) is 28.8 Å². The van der Waals surface area contributed by atoms with Crippen LogP contribution in [0.15, 0.2) is 28.9 Å². The van der Waals surface area contributed by atoms with Crippen molar-refractivity contribution in [1.82, 2.24) is 4.98 Å². The highest BCUT2D eigenvalue weighted by molar-refractivity contribution is 9.10. The molecule has 3 N–H and O–H groups in total. The Morgan fingerprint density at radius 1 is 1.44 bits per heavy atom. The molecule has 0 amide bonds. The van der Waals surface area contributed by atoms with Crippen molar-refractivity contribution in [2.24, 2.45) is 5.73 Å². The maximum atomic E-state index is 13.6. The first-order valence-corrected chi connectivity index (χ1v) is 5.70. The van der Waals surface area contributed by atoms with Gasteiger partial charge in [-0.2, -0.15) is 0 Å². The number of hydrogen-bond acceptors (Lipinski definition) is 3. The number of nitrogens with two attached hydrogens (primary N) is 1. The molecule has 0 aliphatic carbocycles. The molecular formula is C11H11BrFN3. The zero-order valence-corrected chi connectivity index (χ0v) is 10.1. The molecule has 0 spiro atoms. The molecule has 0 fully saturated rings. The smallest absolute Gasteiger partial charge is 0.134 e. The Morgan fingerprint density at radius 2 is 2.25 bits per heavy atom. The van der Waals surface area contributed by atoms with Gasteiger partial charge in [-0.05, 0) is 22.0 Å². The third-order valence-electron chi connectivity index (χ3n) is 2.25. The molecule has 0 aliphatic rings. The largest absolute Gasteiger partial charge is 0.368 e. The molecule has 0 radical (unpaired) electrons. The lowest BCUT2D eigenvalue weighted by Gasteiger charge is -2.09. The summed E-state index contributed by atoms with van der Waals surface area (Å²) in [5.41, 5.74) is 5.41. The number of anilines is 1. The van der Waals surface area contributed by atoms with E-state index in [2.05, 4.69) is 26.2 Å². The fraction of sp³-hybridized carbons (Fsp3) is 0.182. The van der Waals surface area contributed by atoms with Crippen LogP contribution in [0.4, 0.5) is 10.2 Å². The standard InChI is InChI=1S/C11H11BrFN3/c12-8-6-16-11(15-5-4-14)7-2-1-3-9(13)10(7)8/h1-3,6H,4-5,14H2,(H,15,16). The van der Waals surface area contributed by atoms with Gasteiger partial charge >= 0.3 is 0 Å². The van der Waals surface area contributed by atoms with Crippen LogP contribution in [-0.4, -0.2) is 18.1 Å². The lowest BCUT2D eigenvalue weighted by Crippen LogP contribution is -2.14. The van der Waals surface area contributed by atoms with Crippen molar-refractivity contribution in [3.8, 4) is 0 Å². The summed E-state index contributed by atoms with van der Waals surface area (Å²) in [4.78, 5) is 4.20. The van der Waals surface area contributed by atoms with Gasteiger partial charge in [0, 0.05) is 34.5 Å². The van der Waals surface area contributed by atoms with Crippen LogP contribution < -0.4 is 11.1 Å². The molecule has 1 aromatic carbocycles. The summed E-state index contributed by atoms with van der Waals surface area (Å²) in [6.07, 6.45) is 1.59. The number of fused-ring (bicyclic) bond motifs is 1. The minimum Gasteiger partial charge on any atom is -0.368 e. The number of rotatable bonds is 3. The van der Waals surface area contributed by atoms with E-state index in [4.69, 9.17) is 5.73 Å². The molecular weight excluding hydrogens is 273 g/mol. The molecule has 0 aliphatic heterocycles. The van der Waals surface area contributed by atoms with E-state index in [1.807, 2.05) is 6.07 Å². The van der Waals surface area contributed by atoms with Gasteiger partial charge in [0.15, 0.2) is 0 Å². The van der Waals surface area contributed by atoms with Crippen molar-refractivity contribution in [2.75, 3.05) is 18.4 Å². The van der Waals surface area contributed by atoms with Crippen molar-refractivity contribution in [2.45, 2.75) is 0 Å². The highest BCUT2D eigenvalue weighted by Gasteiger charge is 2.09. The second-order valence-electron chi connectivity index (χ2n) is 3.33. The van der Waals surface area contributed by atoms with E-state index in [0.717, 1.165) is 5.39 Å². The van der Waals surface area contributed by atoms with E-state index in [1.54, 1.807) is 12.3 Å². The quantitative estimate of drug-likeness (QED) is 0.910. The van der Waals surface area contributed by atoms with Crippen LogP contribution in [0, 0.1) is 5.82 Å². The Hall–Kier alpha value is -1.20. The lowest BCUT2D eigenvalue weighted by atomic mass is 10.1. The average Bonchev–Trinajstić information content (AvgIpc) is 2.28. The normalized spacial score (nSPS) is 10.7. The Bertz CT molecular complexity index is 508.